The number of H-pyrrole nitrogens is 1. The first-order valence-corrected chi connectivity index (χ1v) is 5.39. The zero-order chi connectivity index (χ0) is 12.4. The standard InChI is InChI=1S/C10H7N2O4S/c13-9-8(17-10(14)11-9)5-6-1-3-7(4-2-6)12(15)16/h1-5H,(H2-,11,13,14,15,16)/q-1. The summed E-state index contributed by atoms with van der Waals surface area (Å²) < 4.78 is 0. The van der Waals surface area contributed by atoms with E-state index in [1.807, 2.05) is 0 Å². The Hall–Kier alpha value is -2.28. The van der Waals surface area contributed by atoms with Crippen molar-refractivity contribution in [1.29, 1.82) is 0 Å². The van der Waals surface area contributed by atoms with Gasteiger partial charge in [-0.2, -0.15) is 4.90 Å². The number of hydrogen-bond donors (Lipinski definition) is 2. The average molecular weight is 251 g/mol. The van der Waals surface area contributed by atoms with Crippen molar-refractivity contribution in [2.45, 2.75) is 0 Å². The van der Waals surface area contributed by atoms with Gasteiger partial charge in [0.2, 0.25) is 11.6 Å². The van der Waals surface area contributed by atoms with Crippen LogP contribution in [0, 0.1) is 10.4 Å². The van der Waals surface area contributed by atoms with E-state index in [1.165, 1.54) is 12.2 Å². The van der Waals surface area contributed by atoms with Crippen LogP contribution in [0.3, 0.4) is 0 Å². The van der Waals surface area contributed by atoms with Gasteiger partial charge in [0.15, 0.2) is 0 Å². The van der Waals surface area contributed by atoms with Gasteiger partial charge >= 0.3 is 4.87 Å². The third kappa shape index (κ3) is 2.45. The number of nitrogens with zero attached hydrogens (tertiary/aromatic N) is 1. The first-order chi connectivity index (χ1) is 8.06. The van der Waals surface area contributed by atoms with Gasteiger partial charge in [-0.15, -0.1) is 0 Å². The Labute approximate surface area is 99.3 Å². The van der Waals surface area contributed by atoms with Crippen molar-refractivity contribution in [3.8, 4) is 5.88 Å². The largest absolute Gasteiger partial charge is 0.612 e. The maximum atomic E-state index is 10.9. The molecule has 0 fully saturated rings. The molecule has 0 unspecified atom stereocenters. The molecule has 0 saturated heterocycles. The molecule has 0 radical (unpaired) electrons. The Morgan fingerprint density at radius 1 is 1.29 bits per heavy atom. The summed E-state index contributed by atoms with van der Waals surface area (Å²) in [7, 11) is 0. The zero-order valence-electron chi connectivity index (χ0n) is 8.41. The fourth-order valence-electron chi connectivity index (χ4n) is 1.27. The van der Waals surface area contributed by atoms with Crippen molar-refractivity contribution in [2.24, 2.45) is 0 Å². The molecule has 0 amide bonds. The Balaban J connectivity index is 2.31. The van der Waals surface area contributed by atoms with Crippen LogP contribution < -0.4 is 4.87 Å². The third-order valence-electron chi connectivity index (χ3n) is 2.06. The first-order valence-electron chi connectivity index (χ1n) is 4.57. The second-order valence-corrected chi connectivity index (χ2v) is 4.24. The van der Waals surface area contributed by atoms with Crippen LogP contribution in [0.25, 0.3) is 6.08 Å². The number of hydrogen-bond acceptors (Lipinski definition) is 5. The van der Waals surface area contributed by atoms with E-state index < -0.39 is 4.90 Å². The van der Waals surface area contributed by atoms with Crippen molar-refractivity contribution in [1.82, 2.24) is 4.98 Å². The van der Waals surface area contributed by atoms with Gasteiger partial charge in [-0.1, -0.05) is 11.3 Å². The number of aromatic hydroxyl groups is 1. The second-order valence-electron chi connectivity index (χ2n) is 3.22. The van der Waals surface area contributed by atoms with Gasteiger partial charge in [-0.25, -0.2) is 0 Å². The highest BCUT2D eigenvalue weighted by atomic mass is 32.1. The first kappa shape index (κ1) is 11.2. The minimum Gasteiger partial charge on any atom is -0.612 e. The van der Waals surface area contributed by atoms with Gasteiger partial charge in [-0.3, -0.25) is 9.78 Å². The molecule has 0 aromatic carbocycles. The van der Waals surface area contributed by atoms with Crippen LogP contribution in [0.15, 0.2) is 34.7 Å². The molecule has 17 heavy (non-hydrogen) atoms. The number of aromatic nitrogens is 1. The lowest BCUT2D eigenvalue weighted by atomic mass is 10.1. The van der Waals surface area contributed by atoms with E-state index >= 15 is 0 Å². The molecule has 0 atom stereocenters. The molecule has 0 spiro atoms. The number of aromatic amines is 1. The average Bonchev–Trinajstić information content (AvgIpc) is 2.58. The highest BCUT2D eigenvalue weighted by Crippen LogP contribution is 2.21. The number of allylic oxidation sites excluding steroid dienone is 5. The molecular formula is C10H7N2O4S-. The summed E-state index contributed by atoms with van der Waals surface area (Å²) in [5.74, 6) is -0.196. The fourth-order valence-corrected chi connectivity index (χ4v) is 1.96. The van der Waals surface area contributed by atoms with Gasteiger partial charge in [0.25, 0.3) is 0 Å². The maximum absolute atomic E-state index is 10.9. The highest BCUT2D eigenvalue weighted by molar-refractivity contribution is 7.10. The lowest BCUT2D eigenvalue weighted by Crippen LogP contribution is -2.06. The monoisotopic (exact) mass is 251 g/mol. The Kier molecular flexibility index (Phi) is 2.84. The van der Waals surface area contributed by atoms with Crippen LogP contribution >= 0.6 is 11.3 Å². The van der Waals surface area contributed by atoms with Crippen LogP contribution in [0.4, 0.5) is 0 Å². The van der Waals surface area contributed by atoms with E-state index in [0.29, 0.717) is 10.5 Å². The van der Waals surface area contributed by atoms with Crippen LogP contribution in [-0.2, 0) is 0 Å². The van der Waals surface area contributed by atoms with E-state index in [4.69, 9.17) is 0 Å². The zero-order valence-corrected chi connectivity index (χ0v) is 9.23. The van der Waals surface area contributed by atoms with E-state index in [2.05, 4.69) is 4.98 Å². The van der Waals surface area contributed by atoms with Crippen LogP contribution in [0.2, 0.25) is 0 Å². The van der Waals surface area contributed by atoms with E-state index in [0.717, 1.165) is 11.3 Å². The second kappa shape index (κ2) is 4.30. The highest BCUT2D eigenvalue weighted by Gasteiger charge is 2.06. The number of thiazole rings is 1. The maximum Gasteiger partial charge on any atom is 0.307 e. The third-order valence-corrected chi connectivity index (χ3v) is 2.88. The predicted molar refractivity (Wildman–Crippen MR) is 64.9 cm³/mol. The van der Waals surface area contributed by atoms with E-state index in [1.54, 1.807) is 18.2 Å². The fraction of sp³-hybridized carbons (Fsp3) is 0. The summed E-state index contributed by atoms with van der Waals surface area (Å²) >= 11 is 0.869. The summed E-state index contributed by atoms with van der Waals surface area (Å²) in [5.41, 5.74) is 0.662. The quantitative estimate of drug-likeness (QED) is 0.576. The SMILES string of the molecule is O=c1[nH]c(O)c(C=C2C=CC(=[N+]([O-])[O-])C=C2)s1. The molecule has 1 aromatic rings. The van der Waals surface area contributed by atoms with Crippen molar-refractivity contribution >= 4 is 23.1 Å². The smallest absolute Gasteiger partial charge is 0.307 e. The molecule has 1 heterocycles. The van der Waals surface area contributed by atoms with Crippen LogP contribution in [-0.4, -0.2) is 20.7 Å². The molecule has 1 aliphatic rings. The minimum atomic E-state index is -0.490. The van der Waals surface area contributed by atoms with Crippen molar-refractivity contribution in [3.63, 3.8) is 0 Å². The van der Waals surface area contributed by atoms with Crippen LogP contribution in [0.1, 0.15) is 4.88 Å². The molecule has 7 heteroatoms. The van der Waals surface area contributed by atoms with Gasteiger partial charge in [0.05, 0.1) is 4.88 Å². The molecule has 1 aliphatic carbocycles. The van der Waals surface area contributed by atoms with Crippen LogP contribution in [0.5, 0.6) is 5.88 Å². The summed E-state index contributed by atoms with van der Waals surface area (Å²) in [5, 5.41) is 30.2. The Morgan fingerprint density at radius 2 is 1.94 bits per heavy atom. The Morgan fingerprint density at radius 3 is 2.41 bits per heavy atom. The van der Waals surface area contributed by atoms with E-state index in [-0.39, 0.29) is 16.5 Å². The Bertz CT molecular complexity index is 596. The molecule has 2 rings (SSSR count). The van der Waals surface area contributed by atoms with Crippen molar-refractivity contribution < 1.29 is 10.0 Å². The summed E-state index contributed by atoms with van der Waals surface area (Å²) in [6, 6.07) is 0. The van der Waals surface area contributed by atoms with E-state index in [9.17, 15) is 20.3 Å². The van der Waals surface area contributed by atoms with Gasteiger partial charge in [-0.05, 0) is 23.8 Å². The van der Waals surface area contributed by atoms with Gasteiger partial charge < -0.3 is 15.5 Å². The summed E-state index contributed by atoms with van der Waals surface area (Å²) in [6.45, 7) is 0. The molecule has 0 saturated carbocycles. The lowest BCUT2D eigenvalue weighted by molar-refractivity contribution is -0.377. The van der Waals surface area contributed by atoms with Crippen molar-refractivity contribution in [3.05, 3.63) is 54.8 Å². The van der Waals surface area contributed by atoms with Gasteiger partial charge in [0, 0.05) is 12.2 Å². The number of rotatable bonds is 1. The summed E-state index contributed by atoms with van der Waals surface area (Å²) in [6.07, 6.45) is 7.38. The number of nitrogens with one attached hydrogen (secondary N) is 1. The molecule has 0 bridgehead atoms. The predicted octanol–water partition coefficient (Wildman–Crippen LogP) is 1.10. The normalized spacial score (nSPS) is 14.1. The minimum absolute atomic E-state index is 0.00590. The molecular weight excluding hydrogens is 244 g/mol. The molecule has 6 nitrogen and oxygen atoms in total. The molecule has 88 valence electrons. The van der Waals surface area contributed by atoms with Gasteiger partial charge in [0.1, 0.15) is 0 Å². The summed E-state index contributed by atoms with van der Waals surface area (Å²) in [4.78, 5) is 12.7. The molecule has 0 aliphatic heterocycles. The molecule has 1 aromatic heterocycles. The van der Waals surface area contributed by atoms with Crippen molar-refractivity contribution in [2.75, 3.05) is 0 Å². The molecule has 2 N–H and O–H groups in total. The topological polar surface area (TPSA) is 102 Å². The lowest BCUT2D eigenvalue weighted by Gasteiger charge is -2.07.